The van der Waals surface area contributed by atoms with Crippen molar-refractivity contribution in [3.05, 3.63) is 28.2 Å². The largest absolute Gasteiger partial charge is 0.479 e. The van der Waals surface area contributed by atoms with Crippen molar-refractivity contribution in [2.24, 2.45) is 0 Å². The molecule has 1 rings (SSSR count). The van der Waals surface area contributed by atoms with Crippen LogP contribution in [0.1, 0.15) is 11.7 Å². The summed E-state index contributed by atoms with van der Waals surface area (Å²) in [5.41, 5.74) is 5.95. The lowest BCUT2D eigenvalue weighted by Gasteiger charge is -2.10. The number of nitrogens with two attached hydrogens (primary N) is 1. The zero-order chi connectivity index (χ0) is 10.0. The number of halogens is 1. The van der Waals surface area contributed by atoms with Gasteiger partial charge in [0.1, 0.15) is 0 Å². The standard InChI is InChI=1S/C8H8BrNO3/c9-4-2-1-3-5(10)6(4)7(11)8(12)13/h1-3,7,11H,10H2,(H,12,13). The van der Waals surface area contributed by atoms with Gasteiger partial charge in [-0.15, -0.1) is 0 Å². The minimum Gasteiger partial charge on any atom is -0.479 e. The van der Waals surface area contributed by atoms with Crippen LogP contribution in [0.4, 0.5) is 5.69 Å². The molecule has 0 spiro atoms. The molecular weight excluding hydrogens is 238 g/mol. The number of hydrogen-bond donors (Lipinski definition) is 3. The van der Waals surface area contributed by atoms with Crippen molar-refractivity contribution in [1.29, 1.82) is 0 Å². The molecule has 4 nitrogen and oxygen atoms in total. The zero-order valence-corrected chi connectivity index (χ0v) is 8.15. The summed E-state index contributed by atoms with van der Waals surface area (Å²) in [4.78, 5) is 10.5. The number of benzene rings is 1. The highest BCUT2D eigenvalue weighted by Gasteiger charge is 2.20. The molecule has 0 radical (unpaired) electrons. The Labute approximate surface area is 83.1 Å². The Morgan fingerprint density at radius 1 is 1.54 bits per heavy atom. The number of hydrogen-bond acceptors (Lipinski definition) is 3. The third-order valence-corrected chi connectivity index (χ3v) is 2.29. The summed E-state index contributed by atoms with van der Waals surface area (Å²) in [6.07, 6.45) is -1.59. The number of aliphatic hydroxyl groups is 1. The minimum atomic E-state index is -1.59. The maximum absolute atomic E-state index is 10.5. The third-order valence-electron chi connectivity index (χ3n) is 1.59. The molecule has 1 atom stereocenters. The van der Waals surface area contributed by atoms with Gasteiger partial charge in [0.05, 0.1) is 0 Å². The summed E-state index contributed by atoms with van der Waals surface area (Å²) < 4.78 is 0.488. The SMILES string of the molecule is Nc1cccc(Br)c1C(O)C(=O)O. The molecule has 0 bridgehead atoms. The van der Waals surface area contributed by atoms with Crippen LogP contribution < -0.4 is 5.73 Å². The number of carboxylic acids is 1. The van der Waals surface area contributed by atoms with Crippen LogP contribution in [0.25, 0.3) is 0 Å². The Morgan fingerprint density at radius 2 is 2.15 bits per heavy atom. The Hall–Kier alpha value is -1.07. The van der Waals surface area contributed by atoms with Gasteiger partial charge >= 0.3 is 5.97 Å². The van der Waals surface area contributed by atoms with E-state index < -0.39 is 12.1 Å². The molecule has 0 amide bonds. The highest BCUT2D eigenvalue weighted by atomic mass is 79.9. The van der Waals surface area contributed by atoms with E-state index in [1.165, 1.54) is 6.07 Å². The number of nitrogen functional groups attached to an aromatic ring is 1. The van der Waals surface area contributed by atoms with E-state index in [0.717, 1.165) is 0 Å². The van der Waals surface area contributed by atoms with Crippen LogP contribution in [0.3, 0.4) is 0 Å². The summed E-state index contributed by atoms with van der Waals surface area (Å²) >= 11 is 3.11. The molecule has 0 aliphatic rings. The van der Waals surface area contributed by atoms with Gasteiger partial charge in [-0.1, -0.05) is 22.0 Å². The van der Waals surface area contributed by atoms with Crippen molar-refractivity contribution >= 4 is 27.6 Å². The number of carbonyl (C=O) groups is 1. The van der Waals surface area contributed by atoms with E-state index in [1.807, 2.05) is 0 Å². The van der Waals surface area contributed by atoms with Gasteiger partial charge in [0.15, 0.2) is 6.10 Å². The lowest BCUT2D eigenvalue weighted by Crippen LogP contribution is -2.13. The highest BCUT2D eigenvalue weighted by Crippen LogP contribution is 2.28. The Morgan fingerprint density at radius 3 is 2.62 bits per heavy atom. The fraction of sp³-hybridized carbons (Fsp3) is 0.125. The molecular formula is C8H8BrNO3. The molecule has 1 unspecified atom stereocenters. The first-order valence-electron chi connectivity index (χ1n) is 3.48. The van der Waals surface area contributed by atoms with Crippen molar-refractivity contribution in [2.75, 3.05) is 5.73 Å². The van der Waals surface area contributed by atoms with E-state index in [0.29, 0.717) is 4.47 Å². The van der Waals surface area contributed by atoms with Crippen LogP contribution in [0.15, 0.2) is 22.7 Å². The fourth-order valence-electron chi connectivity index (χ4n) is 0.966. The monoisotopic (exact) mass is 245 g/mol. The van der Waals surface area contributed by atoms with E-state index in [-0.39, 0.29) is 11.3 Å². The van der Waals surface area contributed by atoms with Crippen LogP contribution in [0.2, 0.25) is 0 Å². The zero-order valence-electron chi connectivity index (χ0n) is 6.57. The molecule has 0 aliphatic heterocycles. The lowest BCUT2D eigenvalue weighted by molar-refractivity contribution is -0.146. The number of anilines is 1. The maximum Gasteiger partial charge on any atom is 0.337 e. The van der Waals surface area contributed by atoms with Crippen molar-refractivity contribution < 1.29 is 15.0 Å². The molecule has 0 saturated carbocycles. The first-order valence-corrected chi connectivity index (χ1v) is 4.28. The van der Waals surface area contributed by atoms with E-state index >= 15 is 0 Å². The number of rotatable bonds is 2. The summed E-state index contributed by atoms with van der Waals surface area (Å²) in [6, 6.07) is 4.82. The van der Waals surface area contributed by atoms with Crippen molar-refractivity contribution in [3.8, 4) is 0 Å². The second-order valence-electron chi connectivity index (χ2n) is 2.48. The molecule has 70 valence electrons. The highest BCUT2D eigenvalue weighted by molar-refractivity contribution is 9.10. The van der Waals surface area contributed by atoms with Gasteiger partial charge in [-0.05, 0) is 12.1 Å². The quantitative estimate of drug-likeness (QED) is 0.683. The summed E-state index contributed by atoms with van der Waals surface area (Å²) in [5.74, 6) is -1.32. The number of carboxylic acid groups (broad SMARTS) is 1. The van der Waals surface area contributed by atoms with Crippen LogP contribution >= 0.6 is 15.9 Å². The summed E-state index contributed by atoms with van der Waals surface area (Å²) in [7, 11) is 0. The van der Waals surface area contributed by atoms with Crippen LogP contribution in [-0.4, -0.2) is 16.2 Å². The van der Waals surface area contributed by atoms with E-state index in [1.54, 1.807) is 12.1 Å². The lowest BCUT2D eigenvalue weighted by atomic mass is 10.1. The normalized spacial score (nSPS) is 12.5. The molecule has 5 heteroatoms. The summed E-state index contributed by atoms with van der Waals surface area (Å²) in [5, 5.41) is 17.8. The van der Waals surface area contributed by atoms with Crippen LogP contribution in [0, 0.1) is 0 Å². The molecule has 0 fully saturated rings. The third kappa shape index (κ3) is 1.99. The van der Waals surface area contributed by atoms with Gasteiger partial charge < -0.3 is 15.9 Å². The Kier molecular flexibility index (Phi) is 2.90. The molecule has 13 heavy (non-hydrogen) atoms. The van der Waals surface area contributed by atoms with Gasteiger partial charge in [0.2, 0.25) is 0 Å². The molecule has 1 aromatic rings. The van der Waals surface area contributed by atoms with Gasteiger partial charge in [-0.3, -0.25) is 0 Å². The smallest absolute Gasteiger partial charge is 0.337 e. The number of aliphatic carboxylic acids is 1. The Bertz CT molecular complexity index is 320. The minimum absolute atomic E-state index is 0.190. The van der Waals surface area contributed by atoms with E-state index in [2.05, 4.69) is 15.9 Å². The second kappa shape index (κ2) is 3.76. The van der Waals surface area contributed by atoms with Crippen LogP contribution in [-0.2, 0) is 4.79 Å². The van der Waals surface area contributed by atoms with E-state index in [9.17, 15) is 9.90 Å². The molecule has 0 saturated heterocycles. The van der Waals surface area contributed by atoms with Crippen molar-refractivity contribution in [3.63, 3.8) is 0 Å². The van der Waals surface area contributed by atoms with Gasteiger partial charge in [0, 0.05) is 15.7 Å². The average Bonchev–Trinajstić information content (AvgIpc) is 2.03. The molecule has 0 heterocycles. The second-order valence-corrected chi connectivity index (χ2v) is 3.34. The van der Waals surface area contributed by atoms with E-state index in [4.69, 9.17) is 10.8 Å². The predicted molar refractivity (Wildman–Crippen MR) is 51.1 cm³/mol. The topological polar surface area (TPSA) is 83.5 Å². The fourth-order valence-corrected chi connectivity index (χ4v) is 1.56. The maximum atomic E-state index is 10.5. The molecule has 0 aromatic heterocycles. The van der Waals surface area contributed by atoms with Crippen molar-refractivity contribution in [1.82, 2.24) is 0 Å². The van der Waals surface area contributed by atoms with Gasteiger partial charge in [-0.2, -0.15) is 0 Å². The number of aliphatic hydroxyl groups excluding tert-OH is 1. The van der Waals surface area contributed by atoms with Gasteiger partial charge in [-0.25, -0.2) is 4.79 Å². The Balaban J connectivity index is 3.20. The predicted octanol–water partition coefficient (Wildman–Crippen LogP) is 1.15. The molecule has 1 aromatic carbocycles. The van der Waals surface area contributed by atoms with Crippen molar-refractivity contribution in [2.45, 2.75) is 6.10 Å². The first-order chi connectivity index (χ1) is 6.04. The summed E-state index contributed by atoms with van der Waals surface area (Å²) in [6.45, 7) is 0. The first kappa shape index (κ1) is 10.0. The molecule has 4 N–H and O–H groups in total. The molecule has 0 aliphatic carbocycles. The van der Waals surface area contributed by atoms with Gasteiger partial charge in [0.25, 0.3) is 0 Å². The van der Waals surface area contributed by atoms with Crippen LogP contribution in [0.5, 0.6) is 0 Å². The average molecular weight is 246 g/mol.